The van der Waals surface area contributed by atoms with Crippen LogP contribution in [-0.2, 0) is 0 Å². The maximum atomic E-state index is 12.1. The van der Waals surface area contributed by atoms with Crippen LogP contribution in [0.3, 0.4) is 0 Å². The van der Waals surface area contributed by atoms with Gasteiger partial charge in [-0.25, -0.2) is 5.43 Å². The Morgan fingerprint density at radius 3 is 2.57 bits per heavy atom. The second-order valence-corrected chi connectivity index (χ2v) is 5.82. The molecular formula is C16H14BrN3O3. The summed E-state index contributed by atoms with van der Waals surface area (Å²) in [6, 6.07) is 11.7. The Hall–Kier alpha value is -2.54. The molecule has 6 nitrogen and oxygen atoms in total. The first kappa shape index (κ1) is 16.8. The summed E-state index contributed by atoms with van der Waals surface area (Å²) in [7, 11) is 0. The van der Waals surface area contributed by atoms with Crippen LogP contribution in [0.4, 0.5) is 5.69 Å². The van der Waals surface area contributed by atoms with E-state index in [1.807, 2.05) is 24.3 Å². The summed E-state index contributed by atoms with van der Waals surface area (Å²) in [6.45, 7) is 3.37. The molecule has 2 aromatic carbocycles. The normalized spacial score (nSPS) is 11.2. The zero-order valence-electron chi connectivity index (χ0n) is 12.5. The van der Waals surface area contributed by atoms with Crippen molar-refractivity contribution in [1.29, 1.82) is 0 Å². The van der Waals surface area contributed by atoms with E-state index in [2.05, 4.69) is 26.5 Å². The summed E-state index contributed by atoms with van der Waals surface area (Å²) in [5.74, 6) is -0.419. The second-order valence-electron chi connectivity index (χ2n) is 4.91. The highest BCUT2D eigenvalue weighted by Gasteiger charge is 2.13. The summed E-state index contributed by atoms with van der Waals surface area (Å²) < 4.78 is 0.918. The third kappa shape index (κ3) is 4.23. The van der Waals surface area contributed by atoms with Gasteiger partial charge >= 0.3 is 0 Å². The van der Waals surface area contributed by atoms with Gasteiger partial charge in [-0.1, -0.05) is 28.1 Å². The lowest BCUT2D eigenvalue weighted by Crippen LogP contribution is -2.19. The van der Waals surface area contributed by atoms with Crippen LogP contribution in [-0.4, -0.2) is 16.5 Å². The smallest absolute Gasteiger partial charge is 0.267 e. The van der Waals surface area contributed by atoms with Gasteiger partial charge in [-0.3, -0.25) is 14.9 Å². The largest absolute Gasteiger partial charge is 0.272 e. The van der Waals surface area contributed by atoms with Crippen molar-refractivity contribution in [3.8, 4) is 0 Å². The van der Waals surface area contributed by atoms with Crippen molar-refractivity contribution in [2.45, 2.75) is 13.8 Å². The van der Waals surface area contributed by atoms with Gasteiger partial charge in [-0.15, -0.1) is 0 Å². The maximum Gasteiger partial charge on any atom is 0.272 e. The van der Waals surface area contributed by atoms with E-state index in [-0.39, 0.29) is 5.69 Å². The number of nitro groups is 1. The number of nitrogens with one attached hydrogen (secondary N) is 1. The van der Waals surface area contributed by atoms with Gasteiger partial charge in [0.1, 0.15) is 0 Å². The Morgan fingerprint density at radius 2 is 1.96 bits per heavy atom. The average Bonchev–Trinajstić information content (AvgIpc) is 2.51. The van der Waals surface area contributed by atoms with E-state index >= 15 is 0 Å². The molecule has 0 saturated carbocycles. The van der Waals surface area contributed by atoms with Gasteiger partial charge in [-0.05, 0) is 43.7 Å². The summed E-state index contributed by atoms with van der Waals surface area (Å²) in [4.78, 5) is 22.4. The third-order valence-electron chi connectivity index (χ3n) is 3.22. The molecule has 118 valence electrons. The number of hydrogen-bond acceptors (Lipinski definition) is 4. The molecule has 0 aliphatic carbocycles. The van der Waals surface area contributed by atoms with Gasteiger partial charge in [0.15, 0.2) is 0 Å². The van der Waals surface area contributed by atoms with E-state index in [1.54, 1.807) is 13.8 Å². The number of nitrogens with zero attached hydrogens (tertiary/aromatic N) is 2. The molecule has 2 rings (SSSR count). The van der Waals surface area contributed by atoms with Gasteiger partial charge < -0.3 is 0 Å². The second kappa shape index (κ2) is 7.15. The van der Waals surface area contributed by atoms with E-state index in [9.17, 15) is 14.9 Å². The van der Waals surface area contributed by atoms with Crippen LogP contribution in [0.15, 0.2) is 52.0 Å². The number of rotatable bonds is 4. The Bertz CT molecular complexity index is 803. The number of aryl methyl sites for hydroxylation is 1. The zero-order chi connectivity index (χ0) is 17.0. The van der Waals surface area contributed by atoms with Crippen LogP contribution >= 0.6 is 15.9 Å². The Balaban J connectivity index is 2.14. The quantitative estimate of drug-likeness (QED) is 0.500. The highest BCUT2D eigenvalue weighted by molar-refractivity contribution is 9.10. The van der Waals surface area contributed by atoms with Crippen molar-refractivity contribution in [2.75, 3.05) is 0 Å². The van der Waals surface area contributed by atoms with E-state index < -0.39 is 10.8 Å². The van der Waals surface area contributed by atoms with Gasteiger partial charge in [0, 0.05) is 21.7 Å². The SMILES string of the molecule is CC(=NNC(=O)c1ccc([N+](=O)[O-])c(C)c1)c1cccc(Br)c1. The topological polar surface area (TPSA) is 84.6 Å². The lowest BCUT2D eigenvalue weighted by atomic mass is 10.1. The highest BCUT2D eigenvalue weighted by Crippen LogP contribution is 2.18. The standard InChI is InChI=1S/C16H14BrN3O3/c1-10-8-13(6-7-15(10)20(22)23)16(21)19-18-11(2)12-4-3-5-14(17)9-12/h3-9H,1-2H3,(H,19,21). The predicted octanol–water partition coefficient (Wildman–Crippen LogP) is 3.82. The molecule has 0 radical (unpaired) electrons. The number of hydrogen-bond donors (Lipinski definition) is 1. The number of nitro benzene ring substituents is 1. The molecule has 0 spiro atoms. The first-order valence-electron chi connectivity index (χ1n) is 6.74. The first-order chi connectivity index (χ1) is 10.9. The summed E-state index contributed by atoms with van der Waals surface area (Å²) in [5.41, 5.74) is 4.71. The average molecular weight is 376 g/mol. The Labute approximate surface area is 141 Å². The van der Waals surface area contributed by atoms with Gasteiger partial charge in [0.05, 0.1) is 10.6 Å². The van der Waals surface area contributed by atoms with E-state index in [0.29, 0.717) is 16.8 Å². The predicted molar refractivity (Wildman–Crippen MR) is 91.7 cm³/mol. The van der Waals surface area contributed by atoms with Gasteiger partial charge in [-0.2, -0.15) is 5.10 Å². The number of carbonyl (C=O) groups excluding carboxylic acids is 1. The molecule has 0 heterocycles. The van der Waals surface area contributed by atoms with Gasteiger partial charge in [0.2, 0.25) is 0 Å². The van der Waals surface area contributed by atoms with Crippen molar-refractivity contribution >= 4 is 33.2 Å². The Morgan fingerprint density at radius 1 is 1.22 bits per heavy atom. The molecule has 0 unspecified atom stereocenters. The number of amides is 1. The van der Waals surface area contributed by atoms with Crippen LogP contribution in [0.5, 0.6) is 0 Å². The van der Waals surface area contributed by atoms with Crippen LogP contribution in [0.1, 0.15) is 28.4 Å². The molecule has 0 saturated heterocycles. The first-order valence-corrected chi connectivity index (χ1v) is 7.53. The van der Waals surface area contributed by atoms with E-state index in [1.165, 1.54) is 18.2 Å². The van der Waals surface area contributed by atoms with Crippen molar-refractivity contribution in [2.24, 2.45) is 5.10 Å². The van der Waals surface area contributed by atoms with Crippen LogP contribution in [0.25, 0.3) is 0 Å². The number of hydrazone groups is 1. The molecule has 7 heteroatoms. The molecule has 1 amide bonds. The maximum absolute atomic E-state index is 12.1. The molecule has 0 atom stereocenters. The lowest BCUT2D eigenvalue weighted by molar-refractivity contribution is -0.385. The minimum absolute atomic E-state index is 0.0182. The summed E-state index contributed by atoms with van der Waals surface area (Å²) in [6.07, 6.45) is 0. The minimum atomic E-state index is -0.480. The molecule has 1 N–H and O–H groups in total. The fourth-order valence-corrected chi connectivity index (χ4v) is 2.38. The Kier molecular flexibility index (Phi) is 5.23. The molecule has 0 bridgehead atoms. The highest BCUT2D eigenvalue weighted by atomic mass is 79.9. The number of carbonyl (C=O) groups is 1. The fourth-order valence-electron chi connectivity index (χ4n) is 1.98. The van der Waals surface area contributed by atoms with Crippen LogP contribution in [0.2, 0.25) is 0 Å². The third-order valence-corrected chi connectivity index (χ3v) is 3.72. The molecule has 0 aromatic heterocycles. The molecule has 0 aliphatic heterocycles. The number of benzene rings is 2. The lowest BCUT2D eigenvalue weighted by Gasteiger charge is -2.04. The van der Waals surface area contributed by atoms with Crippen molar-refractivity contribution in [3.63, 3.8) is 0 Å². The monoisotopic (exact) mass is 375 g/mol. The van der Waals surface area contributed by atoms with Gasteiger partial charge in [0.25, 0.3) is 11.6 Å². The molecule has 0 fully saturated rings. The molecule has 0 aliphatic rings. The van der Waals surface area contributed by atoms with Crippen LogP contribution < -0.4 is 5.43 Å². The molecule has 23 heavy (non-hydrogen) atoms. The van der Waals surface area contributed by atoms with Crippen molar-refractivity contribution in [3.05, 3.63) is 73.7 Å². The van der Waals surface area contributed by atoms with Crippen molar-refractivity contribution in [1.82, 2.24) is 5.43 Å². The summed E-state index contributed by atoms with van der Waals surface area (Å²) in [5, 5.41) is 14.8. The molecule has 2 aromatic rings. The van der Waals surface area contributed by atoms with E-state index in [0.717, 1.165) is 10.0 Å². The summed E-state index contributed by atoms with van der Waals surface area (Å²) >= 11 is 3.38. The number of halogens is 1. The molecular weight excluding hydrogens is 362 g/mol. The minimum Gasteiger partial charge on any atom is -0.267 e. The van der Waals surface area contributed by atoms with Crippen LogP contribution in [0, 0.1) is 17.0 Å². The zero-order valence-corrected chi connectivity index (χ0v) is 14.1. The van der Waals surface area contributed by atoms with Crippen molar-refractivity contribution < 1.29 is 9.72 Å². The van der Waals surface area contributed by atoms with E-state index in [4.69, 9.17) is 0 Å². The fraction of sp³-hybridized carbons (Fsp3) is 0.125.